The number of aromatic nitrogens is 1. The smallest absolute Gasteiger partial charge is 0.318 e. The molecule has 0 bridgehead atoms. The first kappa shape index (κ1) is 13.3. The van der Waals surface area contributed by atoms with Crippen molar-refractivity contribution in [2.75, 3.05) is 0 Å². The molecule has 0 spiro atoms. The van der Waals surface area contributed by atoms with Crippen LogP contribution in [0.5, 0.6) is 0 Å². The van der Waals surface area contributed by atoms with Crippen LogP contribution in [0.1, 0.15) is 45.7 Å². The second kappa shape index (κ2) is 4.54. The lowest BCUT2D eigenvalue weighted by molar-refractivity contribution is -0.166. The molecular formula is C14H18ClNO2. The number of nitrogens with zero attached hydrogens (tertiary/aromatic N) is 1. The summed E-state index contributed by atoms with van der Waals surface area (Å²) in [5.74, 6) is -0.207. The Kier molecular flexibility index (Phi) is 3.37. The van der Waals surface area contributed by atoms with Gasteiger partial charge in [0.05, 0.1) is 10.7 Å². The molecule has 1 aliphatic carbocycles. The van der Waals surface area contributed by atoms with Crippen molar-refractivity contribution in [2.24, 2.45) is 0 Å². The van der Waals surface area contributed by atoms with E-state index in [-0.39, 0.29) is 5.97 Å². The molecule has 0 N–H and O–H groups in total. The van der Waals surface area contributed by atoms with Crippen LogP contribution in [0.15, 0.2) is 18.3 Å². The minimum Gasteiger partial charge on any atom is -0.459 e. The highest BCUT2D eigenvalue weighted by Crippen LogP contribution is 2.46. The molecule has 1 aliphatic rings. The summed E-state index contributed by atoms with van der Waals surface area (Å²) < 4.78 is 5.52. The fourth-order valence-corrected chi connectivity index (χ4v) is 2.48. The van der Waals surface area contributed by atoms with Crippen LogP contribution in [0.2, 0.25) is 5.02 Å². The number of hydrogen-bond acceptors (Lipinski definition) is 3. The first-order valence-electron chi connectivity index (χ1n) is 6.20. The first-order chi connectivity index (χ1) is 8.35. The molecule has 1 aromatic heterocycles. The van der Waals surface area contributed by atoms with Crippen molar-refractivity contribution < 1.29 is 9.53 Å². The number of esters is 1. The highest BCUT2D eigenvalue weighted by molar-refractivity contribution is 6.31. The molecule has 0 saturated heterocycles. The molecule has 0 atom stereocenters. The fraction of sp³-hybridized carbons (Fsp3) is 0.571. The maximum Gasteiger partial charge on any atom is 0.318 e. The molecule has 3 nitrogen and oxygen atoms in total. The molecule has 1 saturated carbocycles. The van der Waals surface area contributed by atoms with Gasteiger partial charge in [-0.25, -0.2) is 0 Å². The third-order valence-electron chi connectivity index (χ3n) is 3.21. The Labute approximate surface area is 113 Å². The third kappa shape index (κ3) is 2.37. The summed E-state index contributed by atoms with van der Waals surface area (Å²) in [5.41, 5.74) is -0.459. The molecule has 1 aromatic rings. The first-order valence-corrected chi connectivity index (χ1v) is 6.57. The molecule has 0 aromatic carbocycles. The van der Waals surface area contributed by atoms with Gasteiger partial charge in [0.25, 0.3) is 0 Å². The summed E-state index contributed by atoms with van der Waals surface area (Å²) in [4.78, 5) is 16.7. The Hall–Kier alpha value is -1.09. The van der Waals surface area contributed by atoms with E-state index in [0.717, 1.165) is 19.3 Å². The molecule has 1 fully saturated rings. The molecule has 98 valence electrons. The molecule has 18 heavy (non-hydrogen) atoms. The van der Waals surface area contributed by atoms with Crippen molar-refractivity contribution in [3.8, 4) is 0 Å². The Balaban J connectivity index is 2.32. The van der Waals surface area contributed by atoms with Gasteiger partial charge in [0.1, 0.15) is 11.0 Å². The third-order valence-corrected chi connectivity index (χ3v) is 3.51. The van der Waals surface area contributed by atoms with E-state index in [4.69, 9.17) is 16.3 Å². The van der Waals surface area contributed by atoms with E-state index in [0.29, 0.717) is 10.7 Å². The highest BCUT2D eigenvalue weighted by Gasteiger charge is 2.50. The van der Waals surface area contributed by atoms with Crippen molar-refractivity contribution in [1.82, 2.24) is 4.98 Å². The largest absolute Gasteiger partial charge is 0.459 e. The predicted octanol–water partition coefficient (Wildman–Crippen LogP) is 3.50. The fourth-order valence-electron chi connectivity index (χ4n) is 2.18. The molecule has 4 heteroatoms. The summed E-state index contributed by atoms with van der Waals surface area (Å²) >= 11 is 6.17. The number of carbonyl (C=O) groups excluding carboxylic acids is 1. The maximum absolute atomic E-state index is 12.4. The van der Waals surface area contributed by atoms with E-state index < -0.39 is 11.0 Å². The van der Waals surface area contributed by atoms with E-state index in [1.807, 2.05) is 20.8 Å². The number of ether oxygens (including phenoxy) is 1. The van der Waals surface area contributed by atoms with Crippen LogP contribution in [0.25, 0.3) is 0 Å². The molecule has 2 rings (SSSR count). The van der Waals surface area contributed by atoms with Crippen LogP contribution in [-0.4, -0.2) is 16.6 Å². The number of carbonyl (C=O) groups is 1. The van der Waals surface area contributed by atoms with Gasteiger partial charge in [-0.2, -0.15) is 0 Å². The van der Waals surface area contributed by atoms with Crippen LogP contribution < -0.4 is 0 Å². The van der Waals surface area contributed by atoms with Crippen molar-refractivity contribution in [3.63, 3.8) is 0 Å². The second-order valence-electron chi connectivity index (χ2n) is 5.77. The molecule has 0 unspecified atom stereocenters. The average molecular weight is 268 g/mol. The lowest BCUT2D eigenvalue weighted by atomic mass is 9.66. The quantitative estimate of drug-likeness (QED) is 0.770. The molecule has 1 heterocycles. The molecular weight excluding hydrogens is 250 g/mol. The summed E-state index contributed by atoms with van der Waals surface area (Å²) in [5, 5.41) is 0.544. The molecule has 0 amide bonds. The van der Waals surface area contributed by atoms with Crippen LogP contribution in [0.3, 0.4) is 0 Å². The summed E-state index contributed by atoms with van der Waals surface area (Å²) in [6.45, 7) is 5.62. The normalized spacial score (nSPS) is 18.0. The Morgan fingerprint density at radius 3 is 2.56 bits per heavy atom. The van der Waals surface area contributed by atoms with Gasteiger partial charge in [-0.05, 0) is 45.7 Å². The van der Waals surface area contributed by atoms with Gasteiger partial charge in [0, 0.05) is 6.20 Å². The van der Waals surface area contributed by atoms with Gasteiger partial charge in [-0.3, -0.25) is 9.78 Å². The van der Waals surface area contributed by atoms with Crippen molar-refractivity contribution in [1.29, 1.82) is 0 Å². The van der Waals surface area contributed by atoms with Gasteiger partial charge in [0.2, 0.25) is 0 Å². The number of halogens is 1. The average Bonchev–Trinajstić information content (AvgIpc) is 2.16. The minimum atomic E-state index is -0.633. The van der Waals surface area contributed by atoms with E-state index in [2.05, 4.69) is 4.98 Å². The Bertz CT molecular complexity index is 461. The van der Waals surface area contributed by atoms with E-state index >= 15 is 0 Å². The SMILES string of the molecule is CC(C)(C)OC(=O)C1(c2ncccc2Cl)CCC1. The van der Waals surface area contributed by atoms with Crippen molar-refractivity contribution >= 4 is 17.6 Å². The van der Waals surface area contributed by atoms with Gasteiger partial charge in [-0.1, -0.05) is 18.0 Å². The van der Waals surface area contributed by atoms with E-state index in [1.165, 1.54) is 0 Å². The van der Waals surface area contributed by atoms with Crippen LogP contribution in [0, 0.1) is 0 Å². The monoisotopic (exact) mass is 267 g/mol. The zero-order valence-corrected chi connectivity index (χ0v) is 11.8. The molecule has 0 radical (unpaired) electrons. The van der Waals surface area contributed by atoms with E-state index in [1.54, 1.807) is 18.3 Å². The van der Waals surface area contributed by atoms with Gasteiger partial charge in [0.15, 0.2) is 0 Å². The van der Waals surface area contributed by atoms with Crippen LogP contribution >= 0.6 is 11.6 Å². The lowest BCUT2D eigenvalue weighted by Crippen LogP contribution is -2.47. The zero-order valence-electron chi connectivity index (χ0n) is 11.0. The lowest BCUT2D eigenvalue weighted by Gasteiger charge is -2.40. The maximum atomic E-state index is 12.4. The predicted molar refractivity (Wildman–Crippen MR) is 70.6 cm³/mol. The minimum absolute atomic E-state index is 0.207. The number of rotatable bonds is 2. The second-order valence-corrected chi connectivity index (χ2v) is 6.18. The van der Waals surface area contributed by atoms with Crippen LogP contribution in [0.4, 0.5) is 0 Å². The standard InChI is InChI=1S/C14H18ClNO2/c1-13(2,3)18-12(17)14(7-5-8-14)11-10(15)6-4-9-16-11/h4,6,9H,5,7-8H2,1-3H3. The van der Waals surface area contributed by atoms with Crippen molar-refractivity contribution in [2.45, 2.75) is 51.0 Å². The summed E-state index contributed by atoms with van der Waals surface area (Å²) in [6, 6.07) is 3.54. The summed E-state index contributed by atoms with van der Waals surface area (Å²) in [7, 11) is 0. The van der Waals surface area contributed by atoms with Gasteiger partial charge >= 0.3 is 5.97 Å². The molecule has 0 aliphatic heterocycles. The van der Waals surface area contributed by atoms with Gasteiger partial charge < -0.3 is 4.74 Å². The van der Waals surface area contributed by atoms with Crippen molar-refractivity contribution in [3.05, 3.63) is 29.0 Å². The van der Waals surface area contributed by atoms with E-state index in [9.17, 15) is 4.79 Å². The number of hydrogen-bond donors (Lipinski definition) is 0. The van der Waals surface area contributed by atoms with Gasteiger partial charge in [-0.15, -0.1) is 0 Å². The summed E-state index contributed by atoms with van der Waals surface area (Å²) in [6.07, 6.45) is 4.20. The Morgan fingerprint density at radius 2 is 2.11 bits per heavy atom. The Morgan fingerprint density at radius 1 is 1.44 bits per heavy atom. The zero-order chi connectivity index (χ0) is 13.4. The topological polar surface area (TPSA) is 39.2 Å². The van der Waals surface area contributed by atoms with Crippen LogP contribution in [-0.2, 0) is 14.9 Å². The number of pyridine rings is 1. The highest BCUT2D eigenvalue weighted by atomic mass is 35.5.